The lowest BCUT2D eigenvalue weighted by Crippen LogP contribution is -2.33. The number of benzene rings is 1. The molecule has 0 heterocycles. The van der Waals surface area contributed by atoms with Crippen LogP contribution in [0.2, 0.25) is 0 Å². The Hall–Kier alpha value is -1.71. The van der Waals surface area contributed by atoms with Crippen molar-refractivity contribution in [2.75, 3.05) is 12.8 Å². The van der Waals surface area contributed by atoms with Crippen molar-refractivity contribution in [3.8, 4) is 5.75 Å². The maximum atomic E-state index is 12.0. The lowest BCUT2D eigenvalue weighted by molar-refractivity contribution is 0.0936. The van der Waals surface area contributed by atoms with E-state index in [1.54, 1.807) is 18.2 Å². The molecule has 1 unspecified atom stereocenters. The molecule has 0 aliphatic heterocycles. The lowest BCUT2D eigenvalue weighted by atomic mass is 10.0. The highest BCUT2D eigenvalue weighted by molar-refractivity contribution is 5.95. The quantitative estimate of drug-likeness (QED) is 0.789. The first-order valence-corrected chi connectivity index (χ1v) is 6.18. The zero-order valence-electron chi connectivity index (χ0n) is 11.5. The molecule has 3 N–H and O–H groups in total. The number of hydrogen-bond donors (Lipinski definition) is 2. The molecule has 100 valence electrons. The fourth-order valence-electron chi connectivity index (χ4n) is 1.93. The lowest BCUT2D eigenvalue weighted by Gasteiger charge is -2.16. The molecule has 18 heavy (non-hydrogen) atoms. The van der Waals surface area contributed by atoms with Gasteiger partial charge in [-0.1, -0.05) is 13.8 Å². The van der Waals surface area contributed by atoms with Crippen LogP contribution in [0.15, 0.2) is 18.2 Å². The second kappa shape index (κ2) is 6.28. The summed E-state index contributed by atoms with van der Waals surface area (Å²) in [6, 6.07) is 5.20. The van der Waals surface area contributed by atoms with E-state index >= 15 is 0 Å². The maximum absolute atomic E-state index is 12.0. The Kier molecular flexibility index (Phi) is 5.01. The second-order valence-electron chi connectivity index (χ2n) is 4.96. The standard InChI is InChI=1S/C14H22N2O2/c1-9(2)7-10(3)16-14(17)11-5-6-12(15)13(8-11)18-4/h5-6,8-10H,7,15H2,1-4H3,(H,16,17). The van der Waals surface area contributed by atoms with E-state index in [0.29, 0.717) is 22.9 Å². The van der Waals surface area contributed by atoms with Crippen LogP contribution in [0.1, 0.15) is 37.6 Å². The van der Waals surface area contributed by atoms with Crippen molar-refractivity contribution in [3.05, 3.63) is 23.8 Å². The monoisotopic (exact) mass is 250 g/mol. The Morgan fingerprint density at radius 3 is 2.61 bits per heavy atom. The molecule has 1 atom stereocenters. The van der Waals surface area contributed by atoms with E-state index in [9.17, 15) is 4.79 Å². The number of carbonyl (C=O) groups excluding carboxylic acids is 1. The topological polar surface area (TPSA) is 64.3 Å². The molecule has 4 nitrogen and oxygen atoms in total. The molecule has 0 fully saturated rings. The van der Waals surface area contributed by atoms with Gasteiger partial charge in [-0.3, -0.25) is 4.79 Å². The maximum Gasteiger partial charge on any atom is 0.251 e. The number of anilines is 1. The Labute approximate surface area is 109 Å². The SMILES string of the molecule is COc1cc(C(=O)NC(C)CC(C)C)ccc1N. The molecule has 1 rings (SSSR count). The van der Waals surface area contributed by atoms with Crippen molar-refractivity contribution in [3.63, 3.8) is 0 Å². The van der Waals surface area contributed by atoms with E-state index in [-0.39, 0.29) is 11.9 Å². The number of nitrogens with two attached hydrogens (primary N) is 1. The summed E-state index contributed by atoms with van der Waals surface area (Å²) in [5.41, 5.74) is 6.81. The van der Waals surface area contributed by atoms with Crippen LogP contribution in [0, 0.1) is 5.92 Å². The Balaban J connectivity index is 2.72. The van der Waals surface area contributed by atoms with Crippen LogP contribution in [-0.2, 0) is 0 Å². The Morgan fingerprint density at radius 1 is 1.39 bits per heavy atom. The van der Waals surface area contributed by atoms with Gasteiger partial charge in [0.05, 0.1) is 12.8 Å². The highest BCUT2D eigenvalue weighted by Crippen LogP contribution is 2.22. The van der Waals surface area contributed by atoms with Gasteiger partial charge < -0.3 is 15.8 Å². The van der Waals surface area contributed by atoms with E-state index in [2.05, 4.69) is 19.2 Å². The van der Waals surface area contributed by atoms with Crippen LogP contribution >= 0.6 is 0 Å². The number of amides is 1. The highest BCUT2D eigenvalue weighted by atomic mass is 16.5. The third-order valence-corrected chi connectivity index (χ3v) is 2.70. The third-order valence-electron chi connectivity index (χ3n) is 2.70. The van der Waals surface area contributed by atoms with E-state index in [1.807, 2.05) is 6.92 Å². The molecule has 1 aromatic rings. The first-order valence-electron chi connectivity index (χ1n) is 6.18. The number of nitrogen functional groups attached to an aromatic ring is 1. The van der Waals surface area contributed by atoms with Gasteiger partial charge in [0.15, 0.2) is 0 Å². The summed E-state index contributed by atoms with van der Waals surface area (Å²) in [6.45, 7) is 6.27. The van der Waals surface area contributed by atoms with Gasteiger partial charge in [-0.2, -0.15) is 0 Å². The largest absolute Gasteiger partial charge is 0.495 e. The number of methoxy groups -OCH3 is 1. The van der Waals surface area contributed by atoms with Crippen molar-refractivity contribution < 1.29 is 9.53 Å². The molecule has 0 aliphatic carbocycles. The van der Waals surface area contributed by atoms with Crippen molar-refractivity contribution in [2.45, 2.75) is 33.2 Å². The molecule has 0 saturated carbocycles. The van der Waals surface area contributed by atoms with Gasteiger partial charge in [0.2, 0.25) is 0 Å². The van der Waals surface area contributed by atoms with Crippen LogP contribution < -0.4 is 15.8 Å². The number of carbonyl (C=O) groups is 1. The summed E-state index contributed by atoms with van der Waals surface area (Å²) in [6.07, 6.45) is 0.956. The summed E-state index contributed by atoms with van der Waals surface area (Å²) < 4.78 is 5.10. The fraction of sp³-hybridized carbons (Fsp3) is 0.500. The predicted molar refractivity (Wildman–Crippen MR) is 73.8 cm³/mol. The summed E-state index contributed by atoms with van der Waals surface area (Å²) >= 11 is 0. The van der Waals surface area contributed by atoms with Gasteiger partial charge in [-0.25, -0.2) is 0 Å². The van der Waals surface area contributed by atoms with Crippen molar-refractivity contribution in [1.29, 1.82) is 0 Å². The number of nitrogens with one attached hydrogen (secondary N) is 1. The number of ether oxygens (including phenoxy) is 1. The molecular formula is C14H22N2O2. The average molecular weight is 250 g/mol. The zero-order chi connectivity index (χ0) is 13.7. The fourth-order valence-corrected chi connectivity index (χ4v) is 1.93. The minimum absolute atomic E-state index is 0.0959. The number of hydrogen-bond acceptors (Lipinski definition) is 3. The molecule has 1 aromatic carbocycles. The molecule has 0 bridgehead atoms. The number of rotatable bonds is 5. The Bertz CT molecular complexity index is 416. The molecular weight excluding hydrogens is 228 g/mol. The first kappa shape index (κ1) is 14.4. The van der Waals surface area contributed by atoms with Gasteiger partial charge in [-0.15, -0.1) is 0 Å². The predicted octanol–water partition coefficient (Wildman–Crippen LogP) is 2.44. The first-order chi connectivity index (χ1) is 8.43. The van der Waals surface area contributed by atoms with Crippen molar-refractivity contribution in [1.82, 2.24) is 5.32 Å². The summed E-state index contributed by atoms with van der Waals surface area (Å²) in [7, 11) is 1.54. The van der Waals surface area contributed by atoms with E-state index < -0.39 is 0 Å². The third kappa shape index (κ3) is 3.95. The van der Waals surface area contributed by atoms with Gasteiger partial charge in [0.1, 0.15) is 5.75 Å². The molecule has 0 spiro atoms. The van der Waals surface area contributed by atoms with Crippen LogP contribution in [-0.4, -0.2) is 19.1 Å². The van der Waals surface area contributed by atoms with Gasteiger partial charge in [-0.05, 0) is 37.5 Å². The van der Waals surface area contributed by atoms with Crippen LogP contribution in [0.5, 0.6) is 5.75 Å². The Morgan fingerprint density at radius 2 is 2.06 bits per heavy atom. The van der Waals surface area contributed by atoms with Crippen LogP contribution in [0.4, 0.5) is 5.69 Å². The highest BCUT2D eigenvalue weighted by Gasteiger charge is 2.12. The van der Waals surface area contributed by atoms with Crippen LogP contribution in [0.25, 0.3) is 0 Å². The van der Waals surface area contributed by atoms with Gasteiger partial charge in [0.25, 0.3) is 5.91 Å². The molecule has 0 saturated heterocycles. The van der Waals surface area contributed by atoms with E-state index in [4.69, 9.17) is 10.5 Å². The molecule has 0 radical (unpaired) electrons. The smallest absolute Gasteiger partial charge is 0.251 e. The second-order valence-corrected chi connectivity index (χ2v) is 4.96. The van der Waals surface area contributed by atoms with Crippen molar-refractivity contribution >= 4 is 11.6 Å². The zero-order valence-corrected chi connectivity index (χ0v) is 11.5. The summed E-state index contributed by atoms with van der Waals surface area (Å²) in [4.78, 5) is 12.0. The van der Waals surface area contributed by atoms with E-state index in [0.717, 1.165) is 6.42 Å². The summed E-state index contributed by atoms with van der Waals surface area (Å²) in [5.74, 6) is 0.988. The van der Waals surface area contributed by atoms with Gasteiger partial charge in [0, 0.05) is 11.6 Å². The molecule has 0 aliphatic rings. The van der Waals surface area contributed by atoms with E-state index in [1.165, 1.54) is 7.11 Å². The normalized spacial score (nSPS) is 12.3. The van der Waals surface area contributed by atoms with Gasteiger partial charge >= 0.3 is 0 Å². The average Bonchev–Trinajstić information content (AvgIpc) is 2.28. The minimum atomic E-state index is -0.0959. The molecule has 0 aromatic heterocycles. The van der Waals surface area contributed by atoms with Crippen LogP contribution in [0.3, 0.4) is 0 Å². The minimum Gasteiger partial charge on any atom is -0.495 e. The molecule has 4 heteroatoms. The molecule has 1 amide bonds. The summed E-state index contributed by atoms with van der Waals surface area (Å²) in [5, 5.41) is 2.96. The van der Waals surface area contributed by atoms with Crippen molar-refractivity contribution in [2.24, 2.45) is 5.92 Å².